The Morgan fingerprint density at radius 3 is 1.62 bits per heavy atom. The molecule has 0 fully saturated rings. The van der Waals surface area contributed by atoms with Crippen LogP contribution < -0.4 is 0 Å². The predicted molar refractivity (Wildman–Crippen MR) is 81.0 cm³/mol. The third-order valence-electron chi connectivity index (χ3n) is 2.77. The Morgan fingerprint density at radius 1 is 0.812 bits per heavy atom. The zero-order valence-electron chi connectivity index (χ0n) is 12.8. The van der Waals surface area contributed by atoms with E-state index in [1.54, 1.807) is 4.55 Å². The van der Waals surface area contributed by atoms with Crippen LogP contribution in [-0.4, -0.2) is 40.7 Å². The van der Waals surface area contributed by atoms with Crippen molar-refractivity contribution < 1.29 is 0 Å². The van der Waals surface area contributed by atoms with Crippen molar-refractivity contribution >= 4 is 40.7 Å². The quantitative estimate of drug-likeness (QED) is 0.410. The molecule has 0 aromatic heterocycles. The van der Waals surface area contributed by atoms with Gasteiger partial charge in [-0.2, -0.15) is 0 Å². The van der Waals surface area contributed by atoms with E-state index in [1.807, 2.05) is 0 Å². The van der Waals surface area contributed by atoms with Crippen LogP contribution in [-0.2, 0) is 0 Å². The Bertz CT molecular complexity index is 99.3. The van der Waals surface area contributed by atoms with Crippen LogP contribution >= 0.6 is 0 Å². The molecule has 0 rings (SSSR count). The van der Waals surface area contributed by atoms with Gasteiger partial charge < -0.3 is 0 Å². The molecule has 0 aliphatic heterocycles. The van der Waals surface area contributed by atoms with Crippen molar-refractivity contribution in [3.05, 3.63) is 0 Å². The molecule has 0 aliphatic carbocycles. The minimum absolute atomic E-state index is 0.316. The Balaban J connectivity index is 0. The highest BCUT2D eigenvalue weighted by Gasteiger charge is 2.00. The lowest BCUT2D eigenvalue weighted by atomic mass is 10.3. The molecule has 0 radical (unpaired) electrons. The summed E-state index contributed by atoms with van der Waals surface area (Å²) in [5.74, 6) is 1.91. The second-order valence-corrected chi connectivity index (χ2v) is 10.1. The van der Waals surface area contributed by atoms with Crippen LogP contribution in [0.1, 0.15) is 54.4 Å². The largest absolute Gasteiger partial charge is 0.364 e. The maximum atomic E-state index is 2.33. The smallest absolute Gasteiger partial charge is 0.149 e. The highest BCUT2D eigenvalue weighted by molar-refractivity contribution is 6.35. The van der Waals surface area contributed by atoms with Crippen molar-refractivity contribution in [2.75, 3.05) is 0 Å². The van der Waals surface area contributed by atoms with Crippen LogP contribution in [0.25, 0.3) is 0 Å². The maximum absolute atomic E-state index is 2.33. The minimum atomic E-state index is 0.316. The number of hydrogen-bond donors (Lipinski definition) is 0. The first kappa shape index (κ1) is 19.9. The molecule has 2 heteroatoms. The molecule has 0 amide bonds. The average Bonchev–Trinajstić information content (AvgIpc) is 2.18. The maximum Gasteiger partial charge on any atom is 0.364 e. The molecule has 0 heterocycles. The Hall–Kier alpha value is 1.53. The monoisotopic (exact) mass is 248 g/mol. The van der Waals surface area contributed by atoms with Gasteiger partial charge in [0.05, 0.1) is 0 Å². The van der Waals surface area contributed by atoms with Crippen molar-refractivity contribution in [2.45, 2.75) is 72.6 Å². The van der Waals surface area contributed by atoms with E-state index >= 15 is 0 Å². The van der Waals surface area contributed by atoms with Crippen molar-refractivity contribution in [2.24, 2.45) is 11.8 Å². The summed E-state index contributed by atoms with van der Waals surface area (Å²) in [5, 5.41) is 0. The molecule has 16 heavy (non-hydrogen) atoms. The van der Waals surface area contributed by atoms with Gasteiger partial charge in [0.25, 0.3) is 0 Å². The van der Waals surface area contributed by atoms with Gasteiger partial charge in [0, 0.05) is 0 Å². The van der Waals surface area contributed by atoms with Gasteiger partial charge in [0.1, 0.15) is 0 Å². The Labute approximate surface area is 124 Å². The van der Waals surface area contributed by atoms with E-state index in [9.17, 15) is 0 Å². The highest BCUT2D eigenvalue weighted by Crippen LogP contribution is 2.05. The summed E-state index contributed by atoms with van der Waals surface area (Å²) < 4.78 is 6.16. The van der Waals surface area contributed by atoms with Crippen LogP contribution in [0, 0.1) is 11.8 Å². The van der Waals surface area contributed by atoms with Crippen LogP contribution in [0.15, 0.2) is 0 Å². The third-order valence-corrected chi connectivity index (χ3v) is 7.60. The summed E-state index contributed by atoms with van der Waals surface area (Å²) in [6.07, 6.45) is 2.88. The van der Waals surface area contributed by atoms with Gasteiger partial charge in [-0.1, -0.05) is 66.2 Å². The van der Waals surface area contributed by atoms with E-state index in [1.165, 1.54) is 26.5 Å². The van der Waals surface area contributed by atoms with E-state index in [-0.39, 0.29) is 0 Å². The zero-order chi connectivity index (χ0) is 12.8. The molecule has 0 atom stereocenters. The van der Waals surface area contributed by atoms with Gasteiger partial charge >= 0.3 is 40.7 Å². The predicted octanol–water partition coefficient (Wildman–Crippen LogP) is 5.19. The molecular weight excluding hydrogens is 217 g/mol. The molecule has 0 saturated carbocycles. The van der Waals surface area contributed by atoms with Crippen LogP contribution in [0.3, 0.4) is 0 Å². The summed E-state index contributed by atoms with van der Waals surface area (Å²) in [5.41, 5.74) is 0. The fourth-order valence-electron chi connectivity index (χ4n) is 1.61. The first-order valence-corrected chi connectivity index (χ1v) is 11.5. The lowest BCUT2D eigenvalue weighted by molar-refractivity contribution is 0.700. The molecule has 0 aromatic carbocycles. The highest BCUT2D eigenvalue weighted by atomic mass is 24.5. The van der Waals surface area contributed by atoms with Crippen molar-refractivity contribution in [3.63, 3.8) is 0 Å². The van der Waals surface area contributed by atoms with Crippen LogP contribution in [0.4, 0.5) is 0 Å². The third kappa shape index (κ3) is 24.7. The SMILES string of the molecule is CC(C)[CH2][Mg][CH2]C(C)C.CCC[CH2][Mg][CH2]C. The Morgan fingerprint density at radius 2 is 1.31 bits per heavy atom. The number of rotatable bonds is 8. The summed E-state index contributed by atoms with van der Waals surface area (Å²) >= 11 is 0.727. The van der Waals surface area contributed by atoms with Crippen molar-refractivity contribution in [1.29, 1.82) is 0 Å². The molecule has 0 bridgehead atoms. The van der Waals surface area contributed by atoms with Gasteiger partial charge in [0.15, 0.2) is 0 Å². The molecule has 0 aromatic rings. The first-order valence-electron chi connectivity index (χ1n) is 7.54. The van der Waals surface area contributed by atoms with Crippen LogP contribution in [0.2, 0.25) is 18.2 Å². The van der Waals surface area contributed by atoms with Crippen LogP contribution in [0.5, 0.6) is 0 Å². The van der Waals surface area contributed by atoms with E-state index in [0.717, 1.165) is 11.8 Å². The summed E-state index contributed by atoms with van der Waals surface area (Å²) in [4.78, 5) is 0. The second kappa shape index (κ2) is 16.5. The van der Waals surface area contributed by atoms with E-state index in [2.05, 4.69) is 41.5 Å². The molecule has 0 N–H and O–H groups in total. The van der Waals surface area contributed by atoms with Crippen molar-refractivity contribution in [1.82, 2.24) is 0 Å². The zero-order valence-corrected chi connectivity index (χ0v) is 15.6. The summed E-state index contributed by atoms with van der Waals surface area (Å²) in [7, 11) is 0. The molecule has 0 aliphatic rings. The van der Waals surface area contributed by atoms with E-state index in [4.69, 9.17) is 0 Å². The second-order valence-electron chi connectivity index (χ2n) is 5.78. The molecular formula is C14H32Mg2. The normalized spacial score (nSPS) is 9.50. The van der Waals surface area contributed by atoms with E-state index < -0.39 is 0 Å². The molecule has 0 spiro atoms. The number of unbranched alkanes of at least 4 members (excludes halogenated alkanes) is 1. The van der Waals surface area contributed by atoms with Gasteiger partial charge in [-0.3, -0.25) is 0 Å². The van der Waals surface area contributed by atoms with Gasteiger partial charge in [0.2, 0.25) is 0 Å². The molecule has 92 valence electrons. The van der Waals surface area contributed by atoms with Crippen molar-refractivity contribution in [3.8, 4) is 0 Å². The lowest BCUT2D eigenvalue weighted by Gasteiger charge is -2.03. The van der Waals surface area contributed by atoms with E-state index in [0.29, 0.717) is 40.7 Å². The Kier molecular flexibility index (Phi) is 20.5. The fourth-order valence-corrected chi connectivity index (χ4v) is 4.83. The fraction of sp³-hybridized carbons (Fsp3) is 1.00. The summed E-state index contributed by atoms with van der Waals surface area (Å²) in [6, 6.07) is 0. The van der Waals surface area contributed by atoms with Gasteiger partial charge in [-0.25, -0.2) is 0 Å². The molecule has 0 unspecified atom stereocenters. The molecule has 0 saturated heterocycles. The standard InChI is InChI=1S/3C4H9.C2H5.2Mg/c2*1-4(2)3;1-3-4-2;1-2;;/h2*4H,1H2,2-3H3;1,3-4H2,2H3;1H2,2H3;;. The minimum Gasteiger partial charge on any atom is -0.149 e. The number of hydrogen-bond acceptors (Lipinski definition) is 0. The first-order chi connectivity index (χ1) is 7.54. The lowest BCUT2D eigenvalue weighted by Crippen LogP contribution is -1.99. The van der Waals surface area contributed by atoms with Gasteiger partial charge in [-0.05, 0) is 0 Å². The van der Waals surface area contributed by atoms with Gasteiger partial charge in [-0.15, -0.1) is 18.2 Å². The average molecular weight is 249 g/mol. The molecule has 0 nitrogen and oxygen atoms in total. The topological polar surface area (TPSA) is 0 Å². The summed E-state index contributed by atoms with van der Waals surface area (Å²) in [6.45, 7) is 13.9.